The molecule has 0 radical (unpaired) electrons. The van der Waals surface area contributed by atoms with Gasteiger partial charge in [0, 0.05) is 10.5 Å². The van der Waals surface area contributed by atoms with Crippen molar-refractivity contribution in [3.05, 3.63) is 107 Å². The first-order chi connectivity index (χ1) is 12.6. The Balaban J connectivity index is 1.89. The molecule has 3 aromatic rings. The number of benzene rings is 3. The molecule has 1 nitrogen and oxygen atoms in total. The number of nitrogens with zero attached hydrogens (tertiary/aromatic N) is 1. The van der Waals surface area contributed by atoms with Crippen LogP contribution in [0.5, 0.6) is 0 Å². The molecule has 0 aliphatic rings. The highest BCUT2D eigenvalue weighted by atomic mass is 32.2. The maximum absolute atomic E-state index is 4.85. The van der Waals surface area contributed by atoms with Crippen molar-refractivity contribution < 1.29 is 0 Å². The summed E-state index contributed by atoms with van der Waals surface area (Å²) in [5.74, 6) is 0. The molecule has 0 N–H and O–H groups in total. The van der Waals surface area contributed by atoms with E-state index in [2.05, 4.69) is 74.7 Å². The lowest BCUT2D eigenvalue weighted by atomic mass is 10.1. The summed E-state index contributed by atoms with van der Waals surface area (Å²) in [6.07, 6.45) is 2.10. The second-order valence-electron chi connectivity index (χ2n) is 6.39. The number of thioether (sulfide) groups is 1. The predicted octanol–water partition coefficient (Wildman–Crippen LogP) is 7.04. The van der Waals surface area contributed by atoms with E-state index in [1.807, 2.05) is 30.3 Å². The lowest BCUT2D eigenvalue weighted by molar-refractivity contribution is 1.27. The lowest BCUT2D eigenvalue weighted by Crippen LogP contribution is -1.96. The van der Waals surface area contributed by atoms with E-state index in [0.717, 1.165) is 17.0 Å². The van der Waals surface area contributed by atoms with E-state index in [1.165, 1.54) is 21.6 Å². The van der Waals surface area contributed by atoms with Crippen molar-refractivity contribution in [1.29, 1.82) is 0 Å². The lowest BCUT2D eigenvalue weighted by Gasteiger charge is -2.05. The molecular weight excluding hydrogens is 334 g/mol. The van der Waals surface area contributed by atoms with E-state index in [9.17, 15) is 0 Å². The molecule has 0 atom stereocenters. The number of rotatable bonds is 5. The smallest absolute Gasteiger partial charge is 0.0714 e. The molecule has 3 aromatic carbocycles. The zero-order valence-electron chi connectivity index (χ0n) is 15.4. The minimum atomic E-state index is 0.963. The minimum absolute atomic E-state index is 0.963. The van der Waals surface area contributed by atoms with Crippen LogP contribution < -0.4 is 0 Å². The van der Waals surface area contributed by atoms with Gasteiger partial charge in [0.1, 0.15) is 0 Å². The Labute approximate surface area is 160 Å². The highest BCUT2D eigenvalue weighted by Crippen LogP contribution is 2.25. The maximum Gasteiger partial charge on any atom is 0.0714 e. The summed E-state index contributed by atoms with van der Waals surface area (Å²) in [4.78, 5) is 6.13. The zero-order valence-corrected chi connectivity index (χ0v) is 16.3. The molecule has 130 valence electrons. The molecule has 0 unspecified atom stereocenters. The second-order valence-corrected chi connectivity index (χ2v) is 7.34. The molecule has 0 saturated carbocycles. The Morgan fingerprint density at radius 2 is 1.58 bits per heavy atom. The normalized spacial score (nSPS) is 11.9. The van der Waals surface area contributed by atoms with E-state index >= 15 is 0 Å². The fourth-order valence-corrected chi connectivity index (χ4v) is 3.48. The minimum Gasteiger partial charge on any atom is -0.248 e. The molecule has 26 heavy (non-hydrogen) atoms. The van der Waals surface area contributed by atoms with Crippen LogP contribution in [0.3, 0.4) is 0 Å². The molecule has 2 heteroatoms. The van der Waals surface area contributed by atoms with Crippen LogP contribution in [0.15, 0.2) is 94.2 Å². The van der Waals surface area contributed by atoms with Gasteiger partial charge in [-0.25, -0.2) is 4.99 Å². The quantitative estimate of drug-likeness (QED) is 0.352. The van der Waals surface area contributed by atoms with E-state index < -0.39 is 0 Å². The average molecular weight is 358 g/mol. The summed E-state index contributed by atoms with van der Waals surface area (Å²) >= 11 is 1.73. The highest BCUT2D eigenvalue weighted by Gasteiger charge is 2.02. The zero-order chi connectivity index (χ0) is 18.4. The first-order valence-electron chi connectivity index (χ1n) is 8.73. The molecule has 0 aliphatic carbocycles. The Kier molecular flexibility index (Phi) is 6.08. The van der Waals surface area contributed by atoms with Crippen molar-refractivity contribution in [2.45, 2.75) is 25.7 Å². The van der Waals surface area contributed by atoms with Crippen molar-refractivity contribution in [2.75, 3.05) is 0 Å². The molecule has 0 heterocycles. The summed E-state index contributed by atoms with van der Waals surface area (Å²) in [6, 6.07) is 25.1. The standard InChI is InChI=1S/C24H23NS/c1-18-8-7-9-21(17-18)23(25-22-10-5-4-6-11-22)14-15-26-24-13-12-19(2)16-20(24)3/h4-17H,1-3H3. The molecule has 3 rings (SSSR count). The third-order valence-electron chi connectivity index (χ3n) is 4.07. The SMILES string of the molecule is Cc1cccc(C(C=CSc2ccc(C)cc2C)=Nc2ccccc2)c1. The summed E-state index contributed by atoms with van der Waals surface area (Å²) in [5.41, 5.74) is 6.89. The Hall–Kier alpha value is -2.58. The molecule has 0 bridgehead atoms. The molecule has 0 amide bonds. The van der Waals surface area contributed by atoms with E-state index in [0.29, 0.717) is 0 Å². The van der Waals surface area contributed by atoms with Crippen LogP contribution in [0.25, 0.3) is 0 Å². The van der Waals surface area contributed by atoms with Crippen LogP contribution in [-0.2, 0) is 0 Å². The highest BCUT2D eigenvalue weighted by molar-refractivity contribution is 8.02. The van der Waals surface area contributed by atoms with Crippen LogP contribution in [0.1, 0.15) is 22.3 Å². The number of para-hydroxylation sites is 1. The van der Waals surface area contributed by atoms with Gasteiger partial charge in [-0.15, -0.1) is 0 Å². The van der Waals surface area contributed by atoms with Gasteiger partial charge in [0.05, 0.1) is 11.4 Å². The maximum atomic E-state index is 4.85. The first kappa shape index (κ1) is 18.2. The summed E-state index contributed by atoms with van der Waals surface area (Å²) < 4.78 is 0. The van der Waals surface area contributed by atoms with Crippen LogP contribution >= 0.6 is 11.8 Å². The van der Waals surface area contributed by atoms with Gasteiger partial charge in [0.2, 0.25) is 0 Å². The Bertz CT molecular complexity index is 939. The fourth-order valence-electron chi connectivity index (χ4n) is 2.75. The molecule has 0 fully saturated rings. The molecule has 0 aromatic heterocycles. The second kappa shape index (κ2) is 8.68. The molecule has 0 spiro atoms. The van der Waals surface area contributed by atoms with Crippen LogP contribution in [0.2, 0.25) is 0 Å². The first-order valence-corrected chi connectivity index (χ1v) is 9.61. The van der Waals surface area contributed by atoms with Crippen molar-refractivity contribution in [3.8, 4) is 0 Å². The molecule has 0 aliphatic heterocycles. The van der Waals surface area contributed by atoms with Crippen LogP contribution in [-0.4, -0.2) is 5.71 Å². The average Bonchev–Trinajstić information content (AvgIpc) is 2.63. The number of aryl methyl sites for hydroxylation is 3. The number of aliphatic imine (C=N–C) groups is 1. The van der Waals surface area contributed by atoms with Gasteiger partial charge in [-0.05, 0) is 62.1 Å². The van der Waals surface area contributed by atoms with Crippen LogP contribution in [0.4, 0.5) is 5.69 Å². The van der Waals surface area contributed by atoms with Crippen molar-refractivity contribution >= 4 is 23.2 Å². The van der Waals surface area contributed by atoms with E-state index in [4.69, 9.17) is 4.99 Å². The van der Waals surface area contributed by atoms with Crippen molar-refractivity contribution in [1.82, 2.24) is 0 Å². The van der Waals surface area contributed by atoms with Crippen molar-refractivity contribution in [2.24, 2.45) is 4.99 Å². The van der Waals surface area contributed by atoms with Gasteiger partial charge in [-0.2, -0.15) is 0 Å². The number of hydrogen-bond donors (Lipinski definition) is 0. The third-order valence-corrected chi connectivity index (χ3v) is 5.06. The summed E-state index contributed by atoms with van der Waals surface area (Å²) in [6.45, 7) is 6.39. The fraction of sp³-hybridized carbons (Fsp3) is 0.125. The third kappa shape index (κ3) is 4.96. The van der Waals surface area contributed by atoms with Crippen LogP contribution in [0, 0.1) is 20.8 Å². The monoisotopic (exact) mass is 357 g/mol. The predicted molar refractivity (Wildman–Crippen MR) is 115 cm³/mol. The van der Waals surface area contributed by atoms with Gasteiger partial charge < -0.3 is 0 Å². The summed E-state index contributed by atoms with van der Waals surface area (Å²) in [7, 11) is 0. The number of hydrogen-bond acceptors (Lipinski definition) is 2. The Morgan fingerprint density at radius 3 is 2.31 bits per heavy atom. The Morgan fingerprint density at radius 1 is 0.808 bits per heavy atom. The van der Waals surface area contributed by atoms with Gasteiger partial charge in [-0.1, -0.05) is 71.4 Å². The molecular formula is C24H23NS. The van der Waals surface area contributed by atoms with Gasteiger partial charge in [-0.3, -0.25) is 0 Å². The van der Waals surface area contributed by atoms with E-state index in [-0.39, 0.29) is 0 Å². The number of allylic oxidation sites excluding steroid dienone is 1. The summed E-state index contributed by atoms with van der Waals surface area (Å²) in [5, 5.41) is 2.13. The molecule has 0 saturated heterocycles. The van der Waals surface area contributed by atoms with Gasteiger partial charge in [0.25, 0.3) is 0 Å². The van der Waals surface area contributed by atoms with Gasteiger partial charge >= 0.3 is 0 Å². The largest absolute Gasteiger partial charge is 0.248 e. The van der Waals surface area contributed by atoms with E-state index in [1.54, 1.807) is 11.8 Å². The topological polar surface area (TPSA) is 12.4 Å². The van der Waals surface area contributed by atoms with Crippen molar-refractivity contribution in [3.63, 3.8) is 0 Å². The van der Waals surface area contributed by atoms with Gasteiger partial charge in [0.15, 0.2) is 0 Å².